The fraction of sp³-hybridized carbons (Fsp3) is 0.385. The van der Waals surface area contributed by atoms with E-state index in [1.807, 2.05) is 0 Å². The fourth-order valence-corrected chi connectivity index (χ4v) is 1.40. The lowest BCUT2D eigenvalue weighted by Crippen LogP contribution is -2.21. The number of alkyl halides is 3. The summed E-state index contributed by atoms with van der Waals surface area (Å²) in [6, 6.07) is 5.70. The monoisotopic (exact) mass is 305 g/mol. The summed E-state index contributed by atoms with van der Waals surface area (Å²) < 4.78 is 45.8. The first-order valence-corrected chi connectivity index (χ1v) is 6.05. The van der Waals surface area contributed by atoms with E-state index in [-0.39, 0.29) is 24.7 Å². The molecule has 0 aliphatic rings. The molecule has 1 aromatic rings. The Hall–Kier alpha value is -2.25. The van der Waals surface area contributed by atoms with Gasteiger partial charge in [-0.3, -0.25) is 4.79 Å². The maximum Gasteiger partial charge on any atom is 0.397 e. The molecule has 0 saturated heterocycles. The van der Waals surface area contributed by atoms with Gasteiger partial charge in [0.25, 0.3) is 0 Å². The van der Waals surface area contributed by atoms with Crippen molar-refractivity contribution in [2.45, 2.75) is 19.5 Å². The highest BCUT2D eigenvalue weighted by Crippen LogP contribution is 2.22. The van der Waals surface area contributed by atoms with Crippen LogP contribution in [-0.4, -0.2) is 31.3 Å². The minimum atomic E-state index is -4.57. The van der Waals surface area contributed by atoms with Crippen LogP contribution in [0.3, 0.4) is 0 Å². The van der Waals surface area contributed by atoms with Crippen LogP contribution in [0.1, 0.15) is 13.3 Å². The van der Waals surface area contributed by atoms with Crippen LogP contribution in [0.2, 0.25) is 0 Å². The second-order valence-electron chi connectivity index (χ2n) is 3.96. The lowest BCUT2D eigenvalue weighted by Gasteiger charge is -2.10. The number of ether oxygens (including phenoxy) is 2. The Labute approximate surface area is 119 Å². The highest BCUT2D eigenvalue weighted by Gasteiger charge is 2.31. The predicted octanol–water partition coefficient (Wildman–Crippen LogP) is 2.52. The molecule has 0 aliphatic carbocycles. The number of esters is 1. The van der Waals surface area contributed by atoms with Crippen molar-refractivity contribution in [2.24, 2.45) is 0 Å². The van der Waals surface area contributed by atoms with E-state index in [1.165, 1.54) is 24.3 Å². The van der Waals surface area contributed by atoms with Crippen LogP contribution in [0.15, 0.2) is 24.3 Å². The molecule has 116 valence electrons. The molecular formula is C13H14F3NO4. The van der Waals surface area contributed by atoms with Gasteiger partial charge < -0.3 is 14.8 Å². The zero-order chi connectivity index (χ0) is 15.9. The molecule has 0 aliphatic heterocycles. The Morgan fingerprint density at radius 1 is 1.29 bits per heavy atom. The highest BCUT2D eigenvalue weighted by molar-refractivity contribution is 5.91. The second-order valence-corrected chi connectivity index (χ2v) is 3.96. The number of benzene rings is 1. The molecule has 1 amide bonds. The number of rotatable bonds is 6. The third-order valence-corrected chi connectivity index (χ3v) is 2.14. The number of hydrogen-bond acceptors (Lipinski definition) is 4. The van der Waals surface area contributed by atoms with E-state index in [1.54, 1.807) is 6.92 Å². The van der Waals surface area contributed by atoms with Crippen LogP contribution in [0.4, 0.5) is 18.9 Å². The van der Waals surface area contributed by atoms with Crippen LogP contribution in [-0.2, 0) is 14.3 Å². The van der Waals surface area contributed by atoms with Gasteiger partial charge in [0.15, 0.2) is 6.61 Å². The number of carbonyl (C=O) groups excluding carboxylic acids is 2. The van der Waals surface area contributed by atoms with E-state index in [2.05, 4.69) is 10.1 Å². The van der Waals surface area contributed by atoms with Crippen molar-refractivity contribution in [1.29, 1.82) is 0 Å². The number of nitrogens with one attached hydrogen (secondary N) is 1. The molecule has 5 nitrogen and oxygen atoms in total. The van der Waals surface area contributed by atoms with E-state index in [9.17, 15) is 22.8 Å². The quantitative estimate of drug-likeness (QED) is 0.820. The van der Waals surface area contributed by atoms with Gasteiger partial charge in [-0.1, -0.05) is 6.07 Å². The van der Waals surface area contributed by atoms with E-state index in [0.717, 1.165) is 0 Å². The number of amides is 1. The van der Waals surface area contributed by atoms with Crippen molar-refractivity contribution in [1.82, 2.24) is 0 Å². The fourth-order valence-electron chi connectivity index (χ4n) is 1.40. The van der Waals surface area contributed by atoms with Crippen molar-refractivity contribution in [3.05, 3.63) is 24.3 Å². The summed E-state index contributed by atoms with van der Waals surface area (Å²) in [4.78, 5) is 22.2. The van der Waals surface area contributed by atoms with Crippen molar-refractivity contribution in [3.63, 3.8) is 0 Å². The summed E-state index contributed by atoms with van der Waals surface area (Å²) in [5.41, 5.74) is 0.144. The van der Waals surface area contributed by atoms with Gasteiger partial charge in [-0.2, -0.15) is 13.2 Å². The van der Waals surface area contributed by atoms with Gasteiger partial charge in [0.2, 0.25) is 5.91 Å². The standard InChI is InChI=1S/C13H14F3NO4/c1-2-20-12(19)8-21-10-5-3-4-9(6-10)17-11(18)7-13(14,15)16/h3-6H,2,7-8H2,1H3,(H,17,18). The molecule has 0 bridgehead atoms. The Balaban J connectivity index is 2.56. The first-order chi connectivity index (χ1) is 9.80. The van der Waals surface area contributed by atoms with Gasteiger partial charge in [-0.15, -0.1) is 0 Å². The molecule has 0 saturated carbocycles. The lowest BCUT2D eigenvalue weighted by atomic mass is 10.3. The third kappa shape index (κ3) is 7.19. The maximum absolute atomic E-state index is 12.0. The van der Waals surface area contributed by atoms with Crippen LogP contribution in [0, 0.1) is 0 Å². The molecule has 0 heterocycles. The van der Waals surface area contributed by atoms with Gasteiger partial charge >= 0.3 is 12.1 Å². The summed E-state index contributed by atoms with van der Waals surface area (Å²) in [7, 11) is 0. The molecular weight excluding hydrogens is 291 g/mol. The second kappa shape index (κ2) is 7.51. The maximum atomic E-state index is 12.0. The van der Waals surface area contributed by atoms with Crippen LogP contribution in [0.25, 0.3) is 0 Å². The smallest absolute Gasteiger partial charge is 0.397 e. The van der Waals surface area contributed by atoms with E-state index >= 15 is 0 Å². The molecule has 0 atom stereocenters. The number of anilines is 1. The Kier molecular flexibility index (Phi) is 6.01. The van der Waals surface area contributed by atoms with Crippen LogP contribution < -0.4 is 10.1 Å². The zero-order valence-corrected chi connectivity index (χ0v) is 11.2. The molecule has 8 heteroatoms. The summed E-state index contributed by atoms with van der Waals surface area (Å²) >= 11 is 0. The van der Waals surface area contributed by atoms with Crippen molar-refractivity contribution in [3.8, 4) is 5.75 Å². The minimum Gasteiger partial charge on any atom is -0.482 e. The van der Waals surface area contributed by atoms with Crippen molar-refractivity contribution < 1.29 is 32.2 Å². The molecule has 0 spiro atoms. The summed E-state index contributed by atoms with van der Waals surface area (Å²) in [6.45, 7) is 1.54. The minimum absolute atomic E-state index is 0.144. The molecule has 0 unspecified atom stereocenters. The molecule has 0 aromatic heterocycles. The third-order valence-electron chi connectivity index (χ3n) is 2.14. The van der Waals surface area contributed by atoms with E-state index in [4.69, 9.17) is 4.74 Å². The number of hydrogen-bond donors (Lipinski definition) is 1. The van der Waals surface area contributed by atoms with E-state index in [0.29, 0.717) is 0 Å². The van der Waals surface area contributed by atoms with Crippen LogP contribution in [0.5, 0.6) is 5.75 Å². The van der Waals surface area contributed by atoms with Gasteiger partial charge in [0.05, 0.1) is 6.61 Å². The molecule has 0 radical (unpaired) electrons. The summed E-state index contributed by atoms with van der Waals surface area (Å²) in [5, 5.41) is 2.10. The normalized spacial score (nSPS) is 10.9. The molecule has 1 N–H and O–H groups in total. The largest absolute Gasteiger partial charge is 0.482 e. The average molecular weight is 305 g/mol. The molecule has 21 heavy (non-hydrogen) atoms. The van der Waals surface area contributed by atoms with Gasteiger partial charge in [0, 0.05) is 11.8 Å². The first-order valence-electron chi connectivity index (χ1n) is 6.05. The van der Waals surface area contributed by atoms with Gasteiger partial charge in [-0.05, 0) is 19.1 Å². The zero-order valence-electron chi connectivity index (χ0n) is 11.2. The Morgan fingerprint density at radius 3 is 2.62 bits per heavy atom. The van der Waals surface area contributed by atoms with Crippen molar-refractivity contribution >= 4 is 17.6 Å². The van der Waals surface area contributed by atoms with Gasteiger partial charge in [0.1, 0.15) is 12.2 Å². The molecule has 1 aromatic carbocycles. The Morgan fingerprint density at radius 2 is 2.00 bits per heavy atom. The summed E-state index contributed by atoms with van der Waals surface area (Å²) in [5.74, 6) is -1.51. The average Bonchev–Trinajstić information content (AvgIpc) is 2.35. The topological polar surface area (TPSA) is 64.6 Å². The van der Waals surface area contributed by atoms with Crippen LogP contribution >= 0.6 is 0 Å². The highest BCUT2D eigenvalue weighted by atomic mass is 19.4. The van der Waals surface area contributed by atoms with E-state index < -0.39 is 24.5 Å². The number of halogens is 3. The first kappa shape index (κ1) is 16.8. The van der Waals surface area contributed by atoms with Crippen molar-refractivity contribution in [2.75, 3.05) is 18.5 Å². The predicted molar refractivity (Wildman–Crippen MR) is 67.9 cm³/mol. The molecule has 0 fully saturated rings. The lowest BCUT2D eigenvalue weighted by molar-refractivity contribution is -0.150. The Bertz CT molecular complexity index is 502. The van der Waals surface area contributed by atoms with Gasteiger partial charge in [-0.25, -0.2) is 4.79 Å². The summed E-state index contributed by atoms with van der Waals surface area (Å²) in [6.07, 6.45) is -6.14. The molecule has 1 rings (SSSR count). The SMILES string of the molecule is CCOC(=O)COc1cccc(NC(=O)CC(F)(F)F)c1. The number of carbonyl (C=O) groups is 2.